The van der Waals surface area contributed by atoms with E-state index in [1.165, 1.54) is 0 Å². The van der Waals surface area contributed by atoms with Gasteiger partial charge in [0.05, 0.1) is 11.9 Å². The summed E-state index contributed by atoms with van der Waals surface area (Å²) >= 11 is 0. The lowest BCUT2D eigenvalue weighted by Crippen LogP contribution is -2.27. The molecular formula is C15H26N4O2. The molecule has 0 aromatic carbocycles. The molecule has 118 valence electrons. The van der Waals surface area contributed by atoms with Gasteiger partial charge in [-0.15, -0.1) is 0 Å². The Kier molecular flexibility index (Phi) is 7.68. The lowest BCUT2D eigenvalue weighted by Gasteiger charge is -2.11. The number of nitrogens with one attached hydrogen (secondary N) is 2. The Hall–Kier alpha value is -1.69. The van der Waals surface area contributed by atoms with Crippen LogP contribution in [0.15, 0.2) is 6.20 Å². The number of anilines is 1. The minimum Gasteiger partial charge on any atom is -0.385 e. The first-order valence-corrected chi connectivity index (χ1v) is 7.50. The van der Waals surface area contributed by atoms with Gasteiger partial charge in [-0.3, -0.25) is 4.79 Å². The van der Waals surface area contributed by atoms with E-state index in [0.29, 0.717) is 30.4 Å². The van der Waals surface area contributed by atoms with Crippen LogP contribution in [0.25, 0.3) is 0 Å². The van der Waals surface area contributed by atoms with Crippen molar-refractivity contribution in [1.29, 1.82) is 0 Å². The van der Waals surface area contributed by atoms with Gasteiger partial charge in [-0.25, -0.2) is 9.97 Å². The van der Waals surface area contributed by atoms with Gasteiger partial charge in [0.1, 0.15) is 5.82 Å². The van der Waals surface area contributed by atoms with Crippen molar-refractivity contribution in [2.75, 3.05) is 32.1 Å². The topological polar surface area (TPSA) is 76.1 Å². The number of carbonyl (C=O) groups excluding carboxylic acids is 1. The molecule has 2 N–H and O–H groups in total. The van der Waals surface area contributed by atoms with Gasteiger partial charge in [-0.2, -0.15) is 0 Å². The fourth-order valence-electron chi connectivity index (χ4n) is 1.74. The highest BCUT2D eigenvalue weighted by atomic mass is 16.5. The molecule has 1 heterocycles. The van der Waals surface area contributed by atoms with Crippen LogP contribution in [-0.2, 0) is 4.74 Å². The molecule has 0 saturated carbocycles. The van der Waals surface area contributed by atoms with Crippen molar-refractivity contribution in [3.63, 3.8) is 0 Å². The van der Waals surface area contributed by atoms with Crippen molar-refractivity contribution in [2.45, 2.75) is 39.5 Å². The highest BCUT2D eigenvalue weighted by Crippen LogP contribution is 2.15. The van der Waals surface area contributed by atoms with Crippen molar-refractivity contribution in [3.05, 3.63) is 17.7 Å². The Morgan fingerprint density at radius 2 is 2.14 bits per heavy atom. The number of nitrogens with zero attached hydrogens (tertiary/aromatic N) is 2. The molecule has 6 heteroatoms. The largest absolute Gasteiger partial charge is 0.385 e. The van der Waals surface area contributed by atoms with Crippen molar-refractivity contribution in [3.8, 4) is 0 Å². The molecule has 21 heavy (non-hydrogen) atoms. The van der Waals surface area contributed by atoms with Crippen LogP contribution in [0.2, 0.25) is 0 Å². The van der Waals surface area contributed by atoms with Crippen molar-refractivity contribution < 1.29 is 9.53 Å². The number of hydrogen-bond donors (Lipinski definition) is 2. The molecular weight excluding hydrogens is 268 g/mol. The average Bonchev–Trinajstić information content (AvgIpc) is 2.49. The molecule has 1 aromatic rings. The first kappa shape index (κ1) is 17.4. The molecule has 1 rings (SSSR count). The van der Waals surface area contributed by atoms with Gasteiger partial charge in [0.15, 0.2) is 5.69 Å². The van der Waals surface area contributed by atoms with Crippen molar-refractivity contribution in [2.24, 2.45) is 0 Å². The number of aromatic nitrogens is 2. The number of amides is 1. The maximum atomic E-state index is 12.2. The molecule has 1 aromatic heterocycles. The zero-order chi connectivity index (χ0) is 15.7. The predicted molar refractivity (Wildman–Crippen MR) is 83.7 cm³/mol. The molecule has 0 atom stereocenters. The van der Waals surface area contributed by atoms with E-state index in [0.717, 1.165) is 19.4 Å². The third-order valence-electron chi connectivity index (χ3n) is 2.91. The van der Waals surface area contributed by atoms with E-state index < -0.39 is 0 Å². The van der Waals surface area contributed by atoms with Gasteiger partial charge < -0.3 is 15.4 Å². The smallest absolute Gasteiger partial charge is 0.272 e. The van der Waals surface area contributed by atoms with Crippen LogP contribution in [-0.4, -0.2) is 42.7 Å². The molecule has 6 nitrogen and oxygen atoms in total. The van der Waals surface area contributed by atoms with Gasteiger partial charge in [-0.1, -0.05) is 20.8 Å². The van der Waals surface area contributed by atoms with Crippen LogP contribution in [0.4, 0.5) is 5.69 Å². The Morgan fingerprint density at radius 1 is 1.38 bits per heavy atom. The van der Waals surface area contributed by atoms with Crippen LogP contribution in [0.3, 0.4) is 0 Å². The molecule has 0 unspecified atom stereocenters. The summed E-state index contributed by atoms with van der Waals surface area (Å²) in [6.07, 6.45) is 3.46. The molecule has 0 saturated heterocycles. The normalized spacial score (nSPS) is 10.7. The van der Waals surface area contributed by atoms with E-state index in [1.54, 1.807) is 13.2 Å². The Bertz CT molecular complexity index is 449. The minimum absolute atomic E-state index is 0.181. The second-order valence-corrected chi connectivity index (χ2v) is 5.12. The third kappa shape index (κ3) is 5.67. The zero-order valence-electron chi connectivity index (χ0n) is 13.4. The quantitative estimate of drug-likeness (QED) is 0.683. The molecule has 1 amide bonds. The summed E-state index contributed by atoms with van der Waals surface area (Å²) in [4.78, 5) is 20.8. The fourth-order valence-corrected chi connectivity index (χ4v) is 1.74. The molecule has 0 aliphatic rings. The summed E-state index contributed by atoms with van der Waals surface area (Å²) in [5, 5.41) is 5.82. The minimum atomic E-state index is -0.181. The van der Waals surface area contributed by atoms with Crippen molar-refractivity contribution in [1.82, 2.24) is 15.3 Å². The number of carbonyl (C=O) groups is 1. The number of ether oxygens (including phenoxy) is 1. The highest BCUT2D eigenvalue weighted by Gasteiger charge is 2.15. The summed E-state index contributed by atoms with van der Waals surface area (Å²) in [6, 6.07) is 0. The Balaban J connectivity index is 2.57. The van der Waals surface area contributed by atoms with E-state index >= 15 is 0 Å². The maximum absolute atomic E-state index is 12.2. The molecule has 0 aliphatic heterocycles. The molecule has 0 radical (unpaired) electrons. The number of hydrogen-bond acceptors (Lipinski definition) is 5. The van der Waals surface area contributed by atoms with E-state index in [9.17, 15) is 4.79 Å². The zero-order valence-corrected chi connectivity index (χ0v) is 13.4. The van der Waals surface area contributed by atoms with Gasteiger partial charge in [0, 0.05) is 32.7 Å². The fraction of sp³-hybridized carbons (Fsp3) is 0.667. The van der Waals surface area contributed by atoms with Gasteiger partial charge in [0.25, 0.3) is 5.91 Å². The molecule has 0 aliphatic carbocycles. The summed E-state index contributed by atoms with van der Waals surface area (Å²) in [6.45, 7) is 8.08. The second kappa shape index (κ2) is 9.28. The van der Waals surface area contributed by atoms with Crippen LogP contribution in [0, 0.1) is 0 Å². The first-order chi connectivity index (χ1) is 10.1. The van der Waals surface area contributed by atoms with E-state index in [1.807, 2.05) is 13.8 Å². The van der Waals surface area contributed by atoms with Crippen LogP contribution < -0.4 is 10.6 Å². The second-order valence-electron chi connectivity index (χ2n) is 5.12. The molecule has 0 bridgehead atoms. The SMILES string of the molecule is CCCOCCCNC(=O)c1nc(C(C)C)ncc1NC. The van der Waals surface area contributed by atoms with Gasteiger partial charge in [-0.05, 0) is 12.8 Å². The van der Waals surface area contributed by atoms with E-state index in [4.69, 9.17) is 4.74 Å². The first-order valence-electron chi connectivity index (χ1n) is 7.50. The molecule has 0 spiro atoms. The summed E-state index contributed by atoms with van der Waals surface area (Å²) in [5.74, 6) is 0.675. The van der Waals surface area contributed by atoms with Crippen LogP contribution in [0.1, 0.15) is 55.8 Å². The van der Waals surface area contributed by atoms with Crippen molar-refractivity contribution >= 4 is 11.6 Å². The maximum Gasteiger partial charge on any atom is 0.272 e. The summed E-state index contributed by atoms with van der Waals surface area (Å²) in [5.41, 5.74) is 1.03. The Labute approximate surface area is 126 Å². The van der Waals surface area contributed by atoms with E-state index in [-0.39, 0.29) is 11.8 Å². The van der Waals surface area contributed by atoms with Gasteiger partial charge in [0.2, 0.25) is 0 Å². The molecule has 0 fully saturated rings. The number of rotatable bonds is 9. The van der Waals surface area contributed by atoms with Crippen LogP contribution >= 0.6 is 0 Å². The van der Waals surface area contributed by atoms with Gasteiger partial charge >= 0.3 is 0 Å². The van der Waals surface area contributed by atoms with E-state index in [2.05, 4.69) is 27.5 Å². The average molecular weight is 294 g/mol. The Morgan fingerprint density at radius 3 is 2.76 bits per heavy atom. The predicted octanol–water partition coefficient (Wildman–Crippen LogP) is 2.19. The standard InChI is InChI=1S/C15H26N4O2/c1-5-8-21-9-6-7-17-15(20)13-12(16-4)10-18-14(19-13)11(2)3/h10-11,16H,5-9H2,1-4H3,(H,17,20). The third-order valence-corrected chi connectivity index (χ3v) is 2.91. The van der Waals surface area contributed by atoms with Crippen LogP contribution in [0.5, 0.6) is 0 Å². The monoisotopic (exact) mass is 294 g/mol. The summed E-state index contributed by atoms with van der Waals surface area (Å²) in [7, 11) is 1.75. The lowest BCUT2D eigenvalue weighted by molar-refractivity contribution is 0.0937. The lowest BCUT2D eigenvalue weighted by atomic mass is 10.2. The summed E-state index contributed by atoms with van der Waals surface area (Å²) < 4.78 is 5.38. The highest BCUT2D eigenvalue weighted by molar-refractivity contribution is 5.97.